The van der Waals surface area contributed by atoms with Crippen molar-refractivity contribution in [2.75, 3.05) is 17.7 Å². The Bertz CT molecular complexity index is 577. The minimum absolute atomic E-state index is 0.169. The van der Waals surface area contributed by atoms with Crippen LogP contribution in [-0.4, -0.2) is 38.1 Å². The second-order valence-electron chi connectivity index (χ2n) is 3.69. The van der Waals surface area contributed by atoms with Crippen molar-refractivity contribution in [2.45, 2.75) is 6.92 Å². The van der Waals surface area contributed by atoms with Crippen LogP contribution < -0.4 is 10.6 Å². The third-order valence-corrected chi connectivity index (χ3v) is 2.21. The zero-order chi connectivity index (χ0) is 13.1. The maximum absolute atomic E-state index is 12.0. The molecular weight excluding hydrogens is 234 g/mol. The first-order valence-electron chi connectivity index (χ1n) is 5.30. The Morgan fingerprint density at radius 3 is 2.78 bits per heavy atom. The Morgan fingerprint density at radius 1 is 1.39 bits per heavy atom. The number of carbonyl (C=O) groups excluding carboxylic acids is 1. The van der Waals surface area contributed by atoms with E-state index in [9.17, 15) is 4.79 Å². The van der Waals surface area contributed by atoms with E-state index in [1.807, 2.05) is 6.92 Å². The Hall–Kier alpha value is -2.51. The van der Waals surface area contributed by atoms with Gasteiger partial charge in [-0.3, -0.25) is 10.1 Å². The smallest absolute Gasteiger partial charge is 0.270 e. The fourth-order valence-electron chi connectivity index (χ4n) is 1.44. The van der Waals surface area contributed by atoms with Gasteiger partial charge in [-0.1, -0.05) is 5.10 Å². The van der Waals surface area contributed by atoms with Gasteiger partial charge in [-0.2, -0.15) is 4.80 Å². The van der Waals surface area contributed by atoms with Gasteiger partial charge in [0, 0.05) is 18.3 Å². The summed E-state index contributed by atoms with van der Waals surface area (Å²) in [5.74, 6) is 0.500. The molecule has 8 nitrogen and oxygen atoms in total. The highest BCUT2D eigenvalue weighted by molar-refractivity contribution is 6.03. The summed E-state index contributed by atoms with van der Waals surface area (Å²) in [5, 5.41) is 16.6. The average molecular weight is 247 g/mol. The summed E-state index contributed by atoms with van der Waals surface area (Å²) in [6.07, 6.45) is 0. The molecule has 0 aliphatic rings. The van der Waals surface area contributed by atoms with Crippen LogP contribution in [0.3, 0.4) is 0 Å². The van der Waals surface area contributed by atoms with Crippen LogP contribution in [0.4, 0.5) is 11.8 Å². The summed E-state index contributed by atoms with van der Waals surface area (Å²) in [5.41, 5.74) is 1.23. The van der Waals surface area contributed by atoms with Crippen LogP contribution in [0.5, 0.6) is 0 Å². The number of nitrogens with zero attached hydrogens (tertiary/aromatic N) is 5. The van der Waals surface area contributed by atoms with Crippen LogP contribution in [0.25, 0.3) is 0 Å². The molecule has 0 spiro atoms. The molecule has 0 aromatic carbocycles. The number of nitrogens with one attached hydrogen (secondary N) is 2. The predicted molar refractivity (Wildman–Crippen MR) is 65.3 cm³/mol. The van der Waals surface area contributed by atoms with Crippen LogP contribution in [0, 0.1) is 6.92 Å². The summed E-state index contributed by atoms with van der Waals surface area (Å²) in [6.45, 7) is 1.82. The number of pyridine rings is 1. The number of aromatic nitrogens is 5. The average Bonchev–Trinajstić information content (AvgIpc) is 2.73. The van der Waals surface area contributed by atoms with Gasteiger partial charge >= 0.3 is 0 Å². The van der Waals surface area contributed by atoms with E-state index in [1.54, 1.807) is 26.2 Å². The molecule has 0 radical (unpaired) electrons. The number of carbonyl (C=O) groups is 1. The molecule has 2 heterocycles. The van der Waals surface area contributed by atoms with Gasteiger partial charge in [0.25, 0.3) is 11.9 Å². The summed E-state index contributed by atoms with van der Waals surface area (Å²) in [4.78, 5) is 17.4. The number of amides is 1. The molecule has 0 saturated carbocycles. The highest BCUT2D eigenvalue weighted by Gasteiger charge is 2.11. The molecule has 0 saturated heterocycles. The SMILES string of the molecule is CNc1cc(C(=O)Nc2nnn(C)n2)cc(C)n1. The van der Waals surface area contributed by atoms with Crippen molar-refractivity contribution in [3.8, 4) is 0 Å². The zero-order valence-corrected chi connectivity index (χ0v) is 10.3. The van der Waals surface area contributed by atoms with Crippen molar-refractivity contribution in [2.24, 2.45) is 7.05 Å². The van der Waals surface area contributed by atoms with Crippen molar-refractivity contribution in [3.63, 3.8) is 0 Å². The van der Waals surface area contributed by atoms with E-state index in [0.29, 0.717) is 11.4 Å². The molecule has 2 aromatic heterocycles. The second kappa shape index (κ2) is 4.78. The van der Waals surface area contributed by atoms with Crippen molar-refractivity contribution < 1.29 is 4.79 Å². The standard InChI is InChI=1S/C10H13N7O/c1-6-4-7(5-8(11-2)12-6)9(18)13-10-14-16-17(3)15-10/h4-5H,1-3H3,(H,11,12)(H,13,15,18). The molecule has 2 rings (SSSR count). The zero-order valence-electron chi connectivity index (χ0n) is 10.3. The van der Waals surface area contributed by atoms with E-state index >= 15 is 0 Å². The normalized spacial score (nSPS) is 10.2. The van der Waals surface area contributed by atoms with Gasteiger partial charge in [-0.25, -0.2) is 4.98 Å². The van der Waals surface area contributed by atoms with Gasteiger partial charge < -0.3 is 5.32 Å². The van der Waals surface area contributed by atoms with Crippen LogP contribution in [0.2, 0.25) is 0 Å². The lowest BCUT2D eigenvalue weighted by Crippen LogP contribution is -2.14. The topological polar surface area (TPSA) is 97.6 Å². The van der Waals surface area contributed by atoms with Crippen molar-refractivity contribution in [3.05, 3.63) is 23.4 Å². The Balaban J connectivity index is 2.20. The molecule has 0 atom stereocenters. The van der Waals surface area contributed by atoms with Crippen molar-refractivity contribution in [1.29, 1.82) is 0 Å². The summed E-state index contributed by atoms with van der Waals surface area (Å²) >= 11 is 0. The Kier molecular flexibility index (Phi) is 3.18. The fraction of sp³-hybridized carbons (Fsp3) is 0.300. The third-order valence-electron chi connectivity index (χ3n) is 2.21. The first kappa shape index (κ1) is 12.0. The summed E-state index contributed by atoms with van der Waals surface area (Å²) in [6, 6.07) is 3.34. The predicted octanol–water partition coefficient (Wildman–Crippen LogP) is 0.208. The number of hydrogen-bond donors (Lipinski definition) is 2. The van der Waals surface area contributed by atoms with Crippen molar-refractivity contribution in [1.82, 2.24) is 25.2 Å². The maximum Gasteiger partial charge on any atom is 0.270 e. The van der Waals surface area contributed by atoms with Crippen LogP contribution in [-0.2, 0) is 7.05 Å². The minimum Gasteiger partial charge on any atom is -0.373 e. The highest BCUT2D eigenvalue weighted by atomic mass is 16.1. The lowest BCUT2D eigenvalue weighted by Gasteiger charge is -2.05. The molecule has 8 heteroatoms. The molecule has 0 bridgehead atoms. The molecule has 0 fully saturated rings. The molecule has 94 valence electrons. The Labute approximate surface area is 103 Å². The summed E-state index contributed by atoms with van der Waals surface area (Å²) < 4.78 is 0. The number of anilines is 2. The first-order valence-corrected chi connectivity index (χ1v) is 5.30. The van der Waals surface area contributed by atoms with Gasteiger partial charge in [0.15, 0.2) is 0 Å². The molecule has 2 N–H and O–H groups in total. The minimum atomic E-state index is -0.301. The monoisotopic (exact) mass is 247 g/mol. The van der Waals surface area contributed by atoms with E-state index in [-0.39, 0.29) is 11.9 Å². The largest absolute Gasteiger partial charge is 0.373 e. The summed E-state index contributed by atoms with van der Waals surface area (Å²) in [7, 11) is 3.37. The van der Waals surface area contributed by atoms with E-state index in [2.05, 4.69) is 31.0 Å². The first-order chi connectivity index (χ1) is 8.58. The van der Waals surface area contributed by atoms with Gasteiger partial charge in [0.1, 0.15) is 5.82 Å². The quantitative estimate of drug-likeness (QED) is 0.804. The lowest BCUT2D eigenvalue weighted by atomic mass is 10.2. The number of rotatable bonds is 3. The number of tetrazole rings is 1. The molecule has 2 aromatic rings. The van der Waals surface area contributed by atoms with Crippen LogP contribution in [0.15, 0.2) is 12.1 Å². The molecule has 0 unspecified atom stereocenters. The number of hydrogen-bond acceptors (Lipinski definition) is 6. The molecule has 0 aliphatic heterocycles. The highest BCUT2D eigenvalue weighted by Crippen LogP contribution is 2.10. The van der Waals surface area contributed by atoms with E-state index in [4.69, 9.17) is 0 Å². The Morgan fingerprint density at radius 2 is 2.17 bits per heavy atom. The molecule has 1 amide bonds. The third kappa shape index (κ3) is 2.59. The van der Waals surface area contributed by atoms with E-state index in [0.717, 1.165) is 5.69 Å². The maximum atomic E-state index is 12.0. The van der Waals surface area contributed by atoms with Crippen LogP contribution >= 0.6 is 0 Å². The van der Waals surface area contributed by atoms with Gasteiger partial charge in [-0.15, -0.1) is 5.10 Å². The van der Waals surface area contributed by atoms with Gasteiger partial charge in [-0.05, 0) is 24.3 Å². The van der Waals surface area contributed by atoms with Gasteiger partial charge in [0.05, 0.1) is 7.05 Å². The van der Waals surface area contributed by atoms with Gasteiger partial charge in [0.2, 0.25) is 0 Å². The molecule has 0 aliphatic carbocycles. The molecule has 18 heavy (non-hydrogen) atoms. The van der Waals surface area contributed by atoms with Crippen LogP contribution in [0.1, 0.15) is 16.1 Å². The lowest BCUT2D eigenvalue weighted by molar-refractivity contribution is 0.102. The van der Waals surface area contributed by atoms with E-state index in [1.165, 1.54) is 4.80 Å². The molecular formula is C10H13N7O. The fourth-order valence-corrected chi connectivity index (χ4v) is 1.44. The number of aryl methyl sites for hydroxylation is 2. The van der Waals surface area contributed by atoms with Crippen molar-refractivity contribution >= 4 is 17.7 Å². The second-order valence-corrected chi connectivity index (χ2v) is 3.69. The van der Waals surface area contributed by atoms with E-state index < -0.39 is 0 Å².